The van der Waals surface area contributed by atoms with Gasteiger partial charge in [0.1, 0.15) is 18.1 Å². The van der Waals surface area contributed by atoms with Crippen molar-refractivity contribution in [1.82, 2.24) is 5.32 Å². The molecule has 3 aromatic carbocycles. The van der Waals surface area contributed by atoms with Crippen molar-refractivity contribution in [2.24, 2.45) is 0 Å². The van der Waals surface area contributed by atoms with Crippen LogP contribution in [0.4, 0.5) is 0 Å². The van der Waals surface area contributed by atoms with Crippen LogP contribution in [0.5, 0.6) is 11.5 Å². The fourth-order valence-electron chi connectivity index (χ4n) is 2.73. The molecular weight excluding hydrogens is 374 g/mol. The van der Waals surface area contributed by atoms with Crippen LogP contribution in [-0.2, 0) is 13.2 Å². The first-order valence-electron chi connectivity index (χ1n) is 9.12. The molecule has 1 N–H and O–H groups in total. The Bertz CT molecular complexity index is 928. The first-order chi connectivity index (χ1) is 13.7. The van der Waals surface area contributed by atoms with E-state index >= 15 is 0 Å². The van der Waals surface area contributed by atoms with Crippen molar-refractivity contribution in [3.05, 3.63) is 94.5 Å². The standard InChI is InChI=1S/C23H22ClNO3/c1-2-27-22-12-11-18(23(26)25-15-17-7-4-3-5-8-17)13-19(22)16-28-21-10-6-9-20(24)14-21/h3-14H,2,15-16H2,1H3,(H,25,26). The van der Waals surface area contributed by atoms with Crippen molar-refractivity contribution in [1.29, 1.82) is 0 Å². The van der Waals surface area contributed by atoms with Gasteiger partial charge < -0.3 is 14.8 Å². The molecule has 0 bridgehead atoms. The number of carbonyl (C=O) groups is 1. The monoisotopic (exact) mass is 395 g/mol. The van der Waals surface area contributed by atoms with Crippen molar-refractivity contribution in [3.63, 3.8) is 0 Å². The SMILES string of the molecule is CCOc1ccc(C(=O)NCc2ccccc2)cc1COc1cccc(Cl)c1. The Morgan fingerprint density at radius 3 is 2.54 bits per heavy atom. The molecule has 3 rings (SSSR count). The number of hydrogen-bond acceptors (Lipinski definition) is 3. The highest BCUT2D eigenvalue weighted by Crippen LogP contribution is 2.24. The van der Waals surface area contributed by atoms with Crippen LogP contribution in [0.15, 0.2) is 72.8 Å². The molecule has 0 atom stereocenters. The number of benzene rings is 3. The summed E-state index contributed by atoms with van der Waals surface area (Å²) in [6.45, 7) is 3.20. The highest BCUT2D eigenvalue weighted by molar-refractivity contribution is 6.30. The Morgan fingerprint density at radius 1 is 0.964 bits per heavy atom. The average molecular weight is 396 g/mol. The van der Waals surface area contributed by atoms with E-state index in [1.54, 1.807) is 30.3 Å². The third-order valence-electron chi connectivity index (χ3n) is 4.11. The zero-order valence-electron chi connectivity index (χ0n) is 15.7. The third-order valence-corrected chi connectivity index (χ3v) is 4.34. The molecule has 5 heteroatoms. The zero-order chi connectivity index (χ0) is 19.8. The van der Waals surface area contributed by atoms with Gasteiger partial charge >= 0.3 is 0 Å². The van der Waals surface area contributed by atoms with Crippen molar-refractivity contribution in [3.8, 4) is 11.5 Å². The minimum absolute atomic E-state index is 0.143. The van der Waals surface area contributed by atoms with Crippen LogP contribution in [0.3, 0.4) is 0 Å². The van der Waals surface area contributed by atoms with E-state index in [-0.39, 0.29) is 12.5 Å². The molecule has 4 nitrogen and oxygen atoms in total. The quantitative estimate of drug-likeness (QED) is 0.566. The van der Waals surface area contributed by atoms with Gasteiger partial charge in [0, 0.05) is 22.7 Å². The van der Waals surface area contributed by atoms with E-state index < -0.39 is 0 Å². The van der Waals surface area contributed by atoms with Gasteiger partial charge in [-0.1, -0.05) is 48.0 Å². The first kappa shape index (κ1) is 19.8. The predicted octanol–water partition coefficient (Wildman–Crippen LogP) is 5.25. The third kappa shape index (κ3) is 5.51. The maximum atomic E-state index is 12.5. The Kier molecular flexibility index (Phi) is 6.93. The lowest BCUT2D eigenvalue weighted by Crippen LogP contribution is -2.23. The van der Waals surface area contributed by atoms with Crippen molar-refractivity contribution >= 4 is 17.5 Å². The molecule has 1 amide bonds. The van der Waals surface area contributed by atoms with Gasteiger partial charge in [-0.25, -0.2) is 0 Å². The molecule has 0 saturated carbocycles. The molecule has 0 spiro atoms. The van der Waals surface area contributed by atoms with Gasteiger partial charge in [-0.05, 0) is 48.9 Å². The van der Waals surface area contributed by atoms with Crippen LogP contribution in [-0.4, -0.2) is 12.5 Å². The highest BCUT2D eigenvalue weighted by atomic mass is 35.5. The Labute approximate surface area is 170 Å². The van der Waals surface area contributed by atoms with E-state index in [1.165, 1.54) is 0 Å². The van der Waals surface area contributed by atoms with Crippen molar-refractivity contribution in [2.75, 3.05) is 6.61 Å². The van der Waals surface area contributed by atoms with Crippen LogP contribution >= 0.6 is 11.6 Å². The lowest BCUT2D eigenvalue weighted by atomic mass is 10.1. The normalized spacial score (nSPS) is 10.4. The minimum atomic E-state index is -0.143. The predicted molar refractivity (Wildman–Crippen MR) is 111 cm³/mol. The summed E-state index contributed by atoms with van der Waals surface area (Å²) in [5, 5.41) is 3.55. The van der Waals surface area contributed by atoms with Gasteiger partial charge in [0.2, 0.25) is 0 Å². The smallest absolute Gasteiger partial charge is 0.251 e. The van der Waals surface area contributed by atoms with Gasteiger partial charge in [-0.3, -0.25) is 4.79 Å². The van der Waals surface area contributed by atoms with Gasteiger partial charge in [-0.15, -0.1) is 0 Å². The molecule has 3 aromatic rings. The Morgan fingerprint density at radius 2 is 1.79 bits per heavy atom. The molecular formula is C23H22ClNO3. The summed E-state index contributed by atoms with van der Waals surface area (Å²) >= 11 is 6.00. The highest BCUT2D eigenvalue weighted by Gasteiger charge is 2.11. The van der Waals surface area contributed by atoms with Crippen LogP contribution in [0, 0.1) is 0 Å². The van der Waals surface area contributed by atoms with E-state index in [0.717, 1.165) is 11.1 Å². The lowest BCUT2D eigenvalue weighted by Gasteiger charge is -2.14. The van der Waals surface area contributed by atoms with Crippen LogP contribution in [0.25, 0.3) is 0 Å². The molecule has 0 unspecified atom stereocenters. The molecule has 0 saturated heterocycles. The second-order valence-corrected chi connectivity index (χ2v) is 6.61. The number of amides is 1. The maximum Gasteiger partial charge on any atom is 0.251 e. The molecule has 144 valence electrons. The van der Waals surface area contributed by atoms with Crippen molar-refractivity contribution < 1.29 is 14.3 Å². The number of nitrogens with one attached hydrogen (secondary N) is 1. The van der Waals surface area contributed by atoms with Crippen LogP contribution in [0.2, 0.25) is 5.02 Å². The number of ether oxygens (including phenoxy) is 2. The maximum absolute atomic E-state index is 12.5. The summed E-state index contributed by atoms with van der Waals surface area (Å²) in [5.74, 6) is 1.22. The topological polar surface area (TPSA) is 47.6 Å². The Hall–Kier alpha value is -2.98. The van der Waals surface area contributed by atoms with Gasteiger partial charge in [0.25, 0.3) is 5.91 Å². The molecule has 0 aliphatic heterocycles. The van der Waals surface area contributed by atoms with E-state index in [1.807, 2.05) is 49.4 Å². The molecule has 28 heavy (non-hydrogen) atoms. The van der Waals surface area contributed by atoms with E-state index in [0.29, 0.717) is 35.2 Å². The minimum Gasteiger partial charge on any atom is -0.493 e. The number of carbonyl (C=O) groups excluding carboxylic acids is 1. The van der Waals surface area contributed by atoms with Gasteiger partial charge in [0.15, 0.2) is 0 Å². The fraction of sp³-hybridized carbons (Fsp3) is 0.174. The van der Waals surface area contributed by atoms with Gasteiger partial charge in [0.05, 0.1) is 6.61 Å². The number of hydrogen-bond donors (Lipinski definition) is 1. The van der Waals surface area contributed by atoms with E-state index in [2.05, 4.69) is 5.32 Å². The number of rotatable bonds is 8. The molecule has 0 aromatic heterocycles. The zero-order valence-corrected chi connectivity index (χ0v) is 16.4. The van der Waals surface area contributed by atoms with Crippen LogP contribution in [0.1, 0.15) is 28.4 Å². The largest absolute Gasteiger partial charge is 0.493 e. The summed E-state index contributed by atoms with van der Waals surface area (Å²) < 4.78 is 11.5. The summed E-state index contributed by atoms with van der Waals surface area (Å²) in [4.78, 5) is 12.5. The fourth-order valence-corrected chi connectivity index (χ4v) is 2.91. The molecule has 0 aliphatic carbocycles. The van der Waals surface area contributed by atoms with E-state index in [9.17, 15) is 4.79 Å². The molecule has 0 heterocycles. The second kappa shape index (κ2) is 9.81. The summed E-state index contributed by atoms with van der Waals surface area (Å²) in [6.07, 6.45) is 0. The van der Waals surface area contributed by atoms with Gasteiger partial charge in [-0.2, -0.15) is 0 Å². The molecule has 0 fully saturated rings. The second-order valence-electron chi connectivity index (χ2n) is 6.17. The Balaban J connectivity index is 1.71. The molecule has 0 radical (unpaired) electrons. The summed E-state index contributed by atoms with van der Waals surface area (Å²) in [7, 11) is 0. The van der Waals surface area contributed by atoms with Crippen LogP contribution < -0.4 is 14.8 Å². The summed E-state index contributed by atoms with van der Waals surface area (Å²) in [6, 6.07) is 22.4. The van der Waals surface area contributed by atoms with E-state index in [4.69, 9.17) is 21.1 Å². The molecule has 0 aliphatic rings. The lowest BCUT2D eigenvalue weighted by molar-refractivity contribution is 0.0950. The first-order valence-corrected chi connectivity index (χ1v) is 9.49. The average Bonchev–Trinajstić information content (AvgIpc) is 2.72. The van der Waals surface area contributed by atoms with Crippen molar-refractivity contribution in [2.45, 2.75) is 20.1 Å². The summed E-state index contributed by atoms with van der Waals surface area (Å²) in [5.41, 5.74) is 2.41. The number of halogens is 1.